The lowest BCUT2D eigenvalue weighted by molar-refractivity contribution is 0.0977. The van der Waals surface area contributed by atoms with Crippen LogP contribution in [0.25, 0.3) is 0 Å². The van der Waals surface area contributed by atoms with Gasteiger partial charge in [0.05, 0.1) is 5.54 Å². The van der Waals surface area contributed by atoms with Gasteiger partial charge in [-0.1, -0.05) is 65.2 Å². The van der Waals surface area contributed by atoms with Crippen molar-refractivity contribution >= 4 is 38.8 Å². The van der Waals surface area contributed by atoms with Crippen LogP contribution >= 0.6 is 27.7 Å². The van der Waals surface area contributed by atoms with Gasteiger partial charge in [0.15, 0.2) is 5.17 Å². The molecule has 1 N–H and O–H groups in total. The van der Waals surface area contributed by atoms with Crippen LogP contribution in [0.2, 0.25) is 0 Å². The molecule has 1 aliphatic carbocycles. The Morgan fingerprint density at radius 2 is 1.86 bits per heavy atom. The van der Waals surface area contributed by atoms with Crippen LogP contribution in [0.3, 0.4) is 0 Å². The van der Waals surface area contributed by atoms with Gasteiger partial charge in [0, 0.05) is 20.3 Å². The molecule has 1 atom stereocenters. The summed E-state index contributed by atoms with van der Waals surface area (Å²) in [6, 6.07) is 14.1. The van der Waals surface area contributed by atoms with Gasteiger partial charge in [0.1, 0.15) is 5.82 Å². The Balaban J connectivity index is 1.72. The summed E-state index contributed by atoms with van der Waals surface area (Å²) < 4.78 is 15.6. The molecule has 1 spiro atoms. The second-order valence-corrected chi connectivity index (χ2v) is 10.5. The van der Waals surface area contributed by atoms with E-state index in [1.807, 2.05) is 31.2 Å². The number of hydrogen-bond acceptors (Lipinski definition) is 3. The van der Waals surface area contributed by atoms with Crippen LogP contribution < -0.4 is 5.32 Å². The van der Waals surface area contributed by atoms with Gasteiger partial charge in [-0.3, -0.25) is 9.79 Å². The number of rotatable bonds is 2. The molecule has 1 unspecified atom stereocenters. The van der Waals surface area contributed by atoms with E-state index in [1.54, 1.807) is 30.0 Å². The van der Waals surface area contributed by atoms with Gasteiger partial charge in [-0.2, -0.15) is 0 Å². The number of amides is 1. The van der Waals surface area contributed by atoms with Crippen molar-refractivity contribution in [3.8, 4) is 0 Å². The lowest BCUT2D eigenvalue weighted by Crippen LogP contribution is -2.45. The molecule has 2 aromatic carbocycles. The number of benzene rings is 2. The number of nitrogens with one attached hydrogen (secondary N) is 1. The fourth-order valence-electron chi connectivity index (χ4n) is 4.51. The lowest BCUT2D eigenvalue weighted by atomic mass is 9.76. The minimum atomic E-state index is -0.726. The van der Waals surface area contributed by atoms with Crippen LogP contribution in [0.1, 0.15) is 61.4 Å². The maximum atomic E-state index is 14.8. The Hall–Kier alpha value is -1.66. The van der Waals surface area contributed by atoms with Gasteiger partial charge in [-0.05, 0) is 56.5 Å². The first-order chi connectivity index (χ1) is 13.9. The molecule has 0 saturated heterocycles. The minimum absolute atomic E-state index is 0.0250. The van der Waals surface area contributed by atoms with Crippen LogP contribution in [0.4, 0.5) is 4.39 Å². The fraction of sp³-hybridized carbons (Fsp3) is 0.391. The molecule has 0 radical (unpaired) electrons. The highest BCUT2D eigenvalue weighted by Gasteiger charge is 2.46. The second-order valence-electron chi connectivity index (χ2n) is 8.16. The molecular weight excluding hydrogens is 451 g/mol. The number of hydrogen-bond donors (Lipinski definition) is 1. The van der Waals surface area contributed by atoms with Gasteiger partial charge in [0.25, 0.3) is 5.91 Å². The molecule has 29 heavy (non-hydrogen) atoms. The van der Waals surface area contributed by atoms with Gasteiger partial charge >= 0.3 is 0 Å². The molecule has 4 rings (SSSR count). The monoisotopic (exact) mass is 474 g/mol. The van der Waals surface area contributed by atoms with E-state index >= 15 is 0 Å². The number of halogens is 2. The molecule has 6 heteroatoms. The molecule has 2 aliphatic rings. The van der Waals surface area contributed by atoms with Crippen molar-refractivity contribution in [3.05, 3.63) is 69.9 Å². The van der Waals surface area contributed by atoms with Crippen molar-refractivity contribution in [2.75, 3.05) is 0 Å². The quantitative estimate of drug-likeness (QED) is 0.544. The summed E-state index contributed by atoms with van der Waals surface area (Å²) in [5.74, 6) is -0.437. The highest BCUT2D eigenvalue weighted by molar-refractivity contribution is 9.10. The standard InChI is InChI=1S/C23H24BrFN2OS/c1-22(18-14-17(24)10-11-19(18)25)15-23(12-6-3-7-13-23)29-21(27-22)26-20(28)16-8-4-2-5-9-16/h2,4-5,8-11,14H,3,6-7,12-13,15H2,1H3,(H,26,27,28). The highest BCUT2D eigenvalue weighted by Crippen LogP contribution is 2.52. The summed E-state index contributed by atoms with van der Waals surface area (Å²) >= 11 is 5.14. The SMILES string of the molecule is CC1(c2cc(Br)ccc2F)CC2(CCCCC2)SC(NC(=O)c2ccccc2)=N1. The fourth-order valence-corrected chi connectivity index (χ4v) is 6.52. The maximum Gasteiger partial charge on any atom is 0.257 e. The zero-order chi connectivity index (χ0) is 20.5. The number of carbonyl (C=O) groups excluding carboxylic acids is 1. The van der Waals surface area contributed by atoms with Crippen molar-refractivity contribution in [2.24, 2.45) is 4.99 Å². The van der Waals surface area contributed by atoms with E-state index in [1.165, 1.54) is 12.5 Å². The smallest absolute Gasteiger partial charge is 0.257 e. The Labute approximate surface area is 183 Å². The van der Waals surface area contributed by atoms with Crippen LogP contribution in [0.5, 0.6) is 0 Å². The summed E-state index contributed by atoms with van der Waals surface area (Å²) in [7, 11) is 0. The van der Waals surface area contributed by atoms with E-state index in [0.29, 0.717) is 16.3 Å². The van der Waals surface area contributed by atoms with Gasteiger partial charge < -0.3 is 5.32 Å². The van der Waals surface area contributed by atoms with E-state index in [9.17, 15) is 9.18 Å². The van der Waals surface area contributed by atoms with E-state index in [-0.39, 0.29) is 16.5 Å². The average Bonchev–Trinajstić information content (AvgIpc) is 2.70. The molecule has 1 heterocycles. The Morgan fingerprint density at radius 3 is 2.59 bits per heavy atom. The number of amidine groups is 1. The molecule has 152 valence electrons. The first kappa shape index (κ1) is 20.6. The van der Waals surface area contributed by atoms with Crippen molar-refractivity contribution in [1.29, 1.82) is 0 Å². The molecule has 1 amide bonds. The maximum absolute atomic E-state index is 14.8. The van der Waals surface area contributed by atoms with E-state index in [2.05, 4.69) is 21.2 Å². The van der Waals surface area contributed by atoms with Crippen LogP contribution in [0, 0.1) is 5.82 Å². The molecule has 1 saturated carbocycles. The molecule has 0 aromatic heterocycles. The second kappa shape index (κ2) is 8.23. The number of nitrogens with zero attached hydrogens (tertiary/aromatic N) is 1. The van der Waals surface area contributed by atoms with Gasteiger partial charge in [-0.15, -0.1) is 0 Å². The molecule has 2 aromatic rings. The summed E-state index contributed by atoms with van der Waals surface area (Å²) in [4.78, 5) is 17.7. The van der Waals surface area contributed by atoms with E-state index in [0.717, 1.165) is 36.6 Å². The Kier molecular flexibility index (Phi) is 5.85. The third-order valence-electron chi connectivity index (χ3n) is 5.86. The minimum Gasteiger partial charge on any atom is -0.301 e. The third-order valence-corrected chi connectivity index (χ3v) is 7.72. The summed E-state index contributed by atoms with van der Waals surface area (Å²) in [6.45, 7) is 1.99. The summed E-state index contributed by atoms with van der Waals surface area (Å²) in [5.41, 5.74) is 0.438. The van der Waals surface area contributed by atoms with Crippen molar-refractivity contribution in [2.45, 2.75) is 55.7 Å². The molecule has 1 aliphatic heterocycles. The van der Waals surface area contributed by atoms with Crippen molar-refractivity contribution < 1.29 is 9.18 Å². The average molecular weight is 475 g/mol. The summed E-state index contributed by atoms with van der Waals surface area (Å²) in [6.07, 6.45) is 6.43. The number of carbonyl (C=O) groups is 1. The van der Waals surface area contributed by atoms with Crippen molar-refractivity contribution in [1.82, 2.24) is 5.32 Å². The highest BCUT2D eigenvalue weighted by atomic mass is 79.9. The first-order valence-electron chi connectivity index (χ1n) is 10.0. The summed E-state index contributed by atoms with van der Waals surface area (Å²) in [5, 5.41) is 3.60. The largest absolute Gasteiger partial charge is 0.301 e. The predicted molar refractivity (Wildman–Crippen MR) is 121 cm³/mol. The topological polar surface area (TPSA) is 41.5 Å². The van der Waals surface area contributed by atoms with Crippen LogP contribution in [-0.2, 0) is 5.54 Å². The molecule has 0 bridgehead atoms. The van der Waals surface area contributed by atoms with Crippen molar-refractivity contribution in [3.63, 3.8) is 0 Å². The van der Waals surface area contributed by atoms with Gasteiger partial charge in [-0.25, -0.2) is 4.39 Å². The van der Waals surface area contributed by atoms with Crippen LogP contribution in [-0.4, -0.2) is 15.8 Å². The normalized spacial score (nSPS) is 23.5. The van der Waals surface area contributed by atoms with Crippen LogP contribution in [0.15, 0.2) is 58.0 Å². The zero-order valence-corrected chi connectivity index (χ0v) is 18.8. The van der Waals surface area contributed by atoms with Gasteiger partial charge in [0.2, 0.25) is 0 Å². The predicted octanol–water partition coefficient (Wildman–Crippen LogP) is 6.43. The van der Waals surface area contributed by atoms with E-state index in [4.69, 9.17) is 4.99 Å². The lowest BCUT2D eigenvalue weighted by Gasteiger charge is -2.46. The molecule has 1 fully saturated rings. The molecule has 3 nitrogen and oxygen atoms in total. The number of thioether (sulfide) groups is 1. The third kappa shape index (κ3) is 4.43. The zero-order valence-electron chi connectivity index (χ0n) is 16.4. The Bertz CT molecular complexity index is 943. The number of aliphatic imine (C=N–C) groups is 1. The van der Waals surface area contributed by atoms with E-state index < -0.39 is 5.54 Å². The first-order valence-corrected chi connectivity index (χ1v) is 11.6. The Morgan fingerprint density at radius 1 is 1.14 bits per heavy atom. The molecular formula is C23H24BrFN2OS.